The Bertz CT molecular complexity index is 926. The van der Waals surface area contributed by atoms with E-state index >= 15 is 0 Å². The van der Waals surface area contributed by atoms with Crippen LogP contribution in [0.5, 0.6) is 11.5 Å². The molecule has 1 aromatic carbocycles. The minimum Gasteiger partial charge on any atom is -0.493 e. The van der Waals surface area contributed by atoms with Crippen molar-refractivity contribution in [2.75, 3.05) is 26.1 Å². The topological polar surface area (TPSA) is 85.9 Å². The Balaban J connectivity index is 1.62. The van der Waals surface area contributed by atoms with E-state index in [1.54, 1.807) is 18.2 Å². The molecule has 0 spiro atoms. The van der Waals surface area contributed by atoms with Crippen molar-refractivity contribution in [2.24, 2.45) is 0 Å². The molecule has 0 radical (unpaired) electrons. The maximum Gasteiger partial charge on any atom is 0.341 e. The molecule has 1 aliphatic carbocycles. The monoisotopic (exact) mass is 434 g/mol. The number of carbonyl (C=O) groups excluding carboxylic acids is 2. The standard InChI is InChI=1S/C20H22N2O5S2/c1-25-13-8-4-5-9-14(13)27-11-16(23)21-20(28)22-18-17(19(24)26-2)12-7-3-6-10-15(12)29-18/h4-5,8-9H,3,6-7,10-11H2,1-2H3,(H2,21,22,23,28). The van der Waals surface area contributed by atoms with E-state index in [0.717, 1.165) is 36.1 Å². The number of esters is 1. The van der Waals surface area contributed by atoms with Crippen LogP contribution in [0.25, 0.3) is 0 Å². The first kappa shape index (κ1) is 21.1. The number of thiocarbonyl (C=S) groups is 1. The number of ether oxygens (including phenoxy) is 3. The molecule has 29 heavy (non-hydrogen) atoms. The highest BCUT2D eigenvalue weighted by Crippen LogP contribution is 2.38. The average molecular weight is 435 g/mol. The van der Waals surface area contributed by atoms with Gasteiger partial charge in [-0.1, -0.05) is 12.1 Å². The molecule has 0 bridgehead atoms. The zero-order valence-electron chi connectivity index (χ0n) is 16.2. The molecular weight excluding hydrogens is 412 g/mol. The number of amides is 1. The molecule has 3 rings (SSSR count). The van der Waals surface area contributed by atoms with Crippen molar-refractivity contribution in [3.63, 3.8) is 0 Å². The molecule has 1 amide bonds. The Labute approximate surface area is 178 Å². The third-order valence-corrected chi connectivity index (χ3v) is 5.88. The summed E-state index contributed by atoms with van der Waals surface area (Å²) in [5, 5.41) is 6.24. The second-order valence-electron chi connectivity index (χ2n) is 6.35. The molecule has 0 aliphatic heterocycles. The summed E-state index contributed by atoms with van der Waals surface area (Å²) in [6, 6.07) is 7.05. The van der Waals surface area contributed by atoms with E-state index in [1.165, 1.54) is 25.6 Å². The Kier molecular flexibility index (Phi) is 7.05. The van der Waals surface area contributed by atoms with Crippen LogP contribution in [-0.2, 0) is 22.4 Å². The molecule has 1 aromatic heterocycles. The van der Waals surface area contributed by atoms with Crippen LogP contribution in [-0.4, -0.2) is 37.8 Å². The van der Waals surface area contributed by atoms with Gasteiger partial charge in [-0.15, -0.1) is 11.3 Å². The summed E-state index contributed by atoms with van der Waals surface area (Å²) in [6.45, 7) is -0.229. The van der Waals surface area contributed by atoms with Crippen molar-refractivity contribution in [2.45, 2.75) is 25.7 Å². The molecule has 0 unspecified atom stereocenters. The lowest BCUT2D eigenvalue weighted by Crippen LogP contribution is -2.37. The van der Waals surface area contributed by atoms with Crippen molar-refractivity contribution in [1.29, 1.82) is 0 Å². The summed E-state index contributed by atoms with van der Waals surface area (Å²) < 4.78 is 15.6. The Morgan fingerprint density at radius 1 is 1.14 bits per heavy atom. The first-order chi connectivity index (χ1) is 14.0. The van der Waals surface area contributed by atoms with Gasteiger partial charge in [0.2, 0.25) is 0 Å². The molecule has 9 heteroatoms. The quantitative estimate of drug-likeness (QED) is 0.533. The number of nitrogens with one attached hydrogen (secondary N) is 2. The van der Waals surface area contributed by atoms with Gasteiger partial charge in [0.25, 0.3) is 5.91 Å². The molecule has 7 nitrogen and oxygen atoms in total. The maximum atomic E-state index is 12.3. The zero-order valence-corrected chi connectivity index (χ0v) is 17.8. The SMILES string of the molecule is COC(=O)c1c(NC(=S)NC(=O)COc2ccccc2OC)sc2c1CCCC2. The summed E-state index contributed by atoms with van der Waals surface area (Å²) in [5.74, 6) is 0.172. The largest absolute Gasteiger partial charge is 0.493 e. The molecule has 154 valence electrons. The van der Waals surface area contributed by atoms with Crippen LogP contribution < -0.4 is 20.1 Å². The number of hydrogen-bond donors (Lipinski definition) is 2. The molecule has 2 N–H and O–H groups in total. The van der Waals surface area contributed by atoms with Crippen molar-refractivity contribution in [1.82, 2.24) is 5.32 Å². The smallest absolute Gasteiger partial charge is 0.341 e. The average Bonchev–Trinajstić information content (AvgIpc) is 3.09. The molecule has 0 fully saturated rings. The van der Waals surface area contributed by atoms with E-state index in [-0.39, 0.29) is 11.7 Å². The lowest BCUT2D eigenvalue weighted by Gasteiger charge is -2.13. The van der Waals surface area contributed by atoms with Crippen molar-refractivity contribution >= 4 is 45.5 Å². The van der Waals surface area contributed by atoms with E-state index in [2.05, 4.69) is 10.6 Å². The predicted octanol–water partition coefficient (Wildman–Crippen LogP) is 3.31. The minimum atomic E-state index is -0.422. The number of para-hydroxylation sites is 2. The highest BCUT2D eigenvalue weighted by Gasteiger charge is 2.26. The fourth-order valence-electron chi connectivity index (χ4n) is 3.15. The molecule has 2 aromatic rings. The number of aryl methyl sites for hydroxylation is 1. The van der Waals surface area contributed by atoms with E-state index in [9.17, 15) is 9.59 Å². The predicted molar refractivity (Wildman–Crippen MR) is 115 cm³/mol. The fraction of sp³-hybridized carbons (Fsp3) is 0.350. The fourth-order valence-corrected chi connectivity index (χ4v) is 4.71. The van der Waals surface area contributed by atoms with Crippen LogP contribution >= 0.6 is 23.6 Å². The van der Waals surface area contributed by atoms with Gasteiger partial charge in [0.05, 0.1) is 19.8 Å². The van der Waals surface area contributed by atoms with E-state index in [4.69, 9.17) is 26.4 Å². The first-order valence-electron chi connectivity index (χ1n) is 9.13. The Morgan fingerprint density at radius 2 is 1.86 bits per heavy atom. The maximum absolute atomic E-state index is 12.3. The molecule has 1 aliphatic rings. The van der Waals surface area contributed by atoms with Gasteiger partial charge in [0.1, 0.15) is 5.00 Å². The third kappa shape index (κ3) is 5.04. The van der Waals surface area contributed by atoms with Crippen molar-refractivity contribution in [3.8, 4) is 11.5 Å². The lowest BCUT2D eigenvalue weighted by atomic mass is 9.95. The summed E-state index contributed by atoms with van der Waals surface area (Å²) in [7, 11) is 2.88. The number of benzene rings is 1. The number of thiophene rings is 1. The van der Waals surface area contributed by atoms with Crippen molar-refractivity contribution in [3.05, 3.63) is 40.3 Å². The van der Waals surface area contributed by atoms with Gasteiger partial charge in [-0.25, -0.2) is 4.79 Å². The highest BCUT2D eigenvalue weighted by molar-refractivity contribution is 7.80. The number of methoxy groups -OCH3 is 2. The van der Waals surface area contributed by atoms with Gasteiger partial charge in [0, 0.05) is 4.88 Å². The number of carbonyl (C=O) groups is 2. The van der Waals surface area contributed by atoms with E-state index < -0.39 is 11.9 Å². The number of rotatable bonds is 6. The summed E-state index contributed by atoms with van der Waals surface area (Å²) in [6.07, 6.45) is 3.89. The van der Waals surface area contributed by atoms with Crippen LogP contribution in [0.3, 0.4) is 0 Å². The van der Waals surface area contributed by atoms with E-state index in [0.29, 0.717) is 22.1 Å². The molecular formula is C20H22N2O5S2. The molecule has 0 saturated heterocycles. The minimum absolute atomic E-state index is 0.0994. The van der Waals surface area contributed by atoms with Gasteiger partial charge in [-0.3, -0.25) is 10.1 Å². The normalized spacial score (nSPS) is 12.5. The van der Waals surface area contributed by atoms with Crippen LogP contribution in [0.15, 0.2) is 24.3 Å². The third-order valence-electron chi connectivity index (χ3n) is 4.47. The van der Waals surface area contributed by atoms with Crippen LogP contribution in [0.4, 0.5) is 5.00 Å². The summed E-state index contributed by atoms with van der Waals surface area (Å²) >= 11 is 6.72. The van der Waals surface area contributed by atoms with Gasteiger partial charge in [-0.2, -0.15) is 0 Å². The Morgan fingerprint density at radius 3 is 2.59 bits per heavy atom. The van der Waals surface area contributed by atoms with E-state index in [1.807, 2.05) is 6.07 Å². The van der Waals surface area contributed by atoms with Crippen molar-refractivity contribution < 1.29 is 23.8 Å². The van der Waals surface area contributed by atoms with Crippen LogP contribution in [0.2, 0.25) is 0 Å². The Hall–Kier alpha value is -2.65. The number of hydrogen-bond acceptors (Lipinski definition) is 7. The lowest BCUT2D eigenvalue weighted by molar-refractivity contribution is -0.121. The van der Waals surface area contributed by atoms with Gasteiger partial charge in [0.15, 0.2) is 23.2 Å². The molecule has 0 saturated carbocycles. The molecule has 1 heterocycles. The van der Waals surface area contributed by atoms with Crippen LogP contribution in [0, 0.1) is 0 Å². The second-order valence-corrected chi connectivity index (χ2v) is 7.86. The van der Waals surface area contributed by atoms with Gasteiger partial charge >= 0.3 is 5.97 Å². The van der Waals surface area contributed by atoms with Gasteiger partial charge in [-0.05, 0) is 55.6 Å². The van der Waals surface area contributed by atoms with Crippen LogP contribution in [0.1, 0.15) is 33.6 Å². The molecule has 0 atom stereocenters. The first-order valence-corrected chi connectivity index (χ1v) is 10.4. The van der Waals surface area contributed by atoms with Gasteiger partial charge < -0.3 is 19.5 Å². The summed E-state index contributed by atoms with van der Waals surface area (Å²) in [5.41, 5.74) is 1.53. The highest BCUT2D eigenvalue weighted by atomic mass is 32.1. The summed E-state index contributed by atoms with van der Waals surface area (Å²) in [4.78, 5) is 25.6. The second kappa shape index (κ2) is 9.71. The number of anilines is 1. The zero-order chi connectivity index (χ0) is 20.8. The number of fused-ring (bicyclic) bond motifs is 1.